The molecule has 0 saturated carbocycles. The predicted octanol–water partition coefficient (Wildman–Crippen LogP) is 3.91. The van der Waals surface area contributed by atoms with E-state index >= 15 is 0 Å². The van der Waals surface area contributed by atoms with E-state index < -0.39 is 0 Å². The van der Waals surface area contributed by atoms with Gasteiger partial charge in [-0.05, 0) is 13.8 Å². The second-order valence-electron chi connectivity index (χ2n) is 6.47. The Balaban J connectivity index is 1.61. The van der Waals surface area contributed by atoms with Crippen molar-refractivity contribution in [1.82, 2.24) is 29.5 Å². The summed E-state index contributed by atoms with van der Waals surface area (Å²) in [5.41, 5.74) is 3.35. The molecule has 0 spiro atoms. The summed E-state index contributed by atoms with van der Waals surface area (Å²) < 4.78 is 7.67. The van der Waals surface area contributed by atoms with E-state index in [0.29, 0.717) is 23.2 Å². The van der Waals surface area contributed by atoms with E-state index in [1.54, 1.807) is 17.7 Å². The molecule has 0 bridgehead atoms. The average molecular weight is 437 g/mol. The largest absolute Gasteiger partial charge is 0.465 e. The summed E-state index contributed by atoms with van der Waals surface area (Å²) in [6.45, 7) is 4.11. The van der Waals surface area contributed by atoms with E-state index in [-0.39, 0.29) is 11.7 Å². The molecule has 4 aromatic heterocycles. The first kappa shape index (κ1) is 18.9. The number of carbonyl (C=O) groups is 1. The summed E-state index contributed by atoms with van der Waals surface area (Å²) in [6.07, 6.45) is 1.68. The number of carbonyl (C=O) groups excluding carboxylic acids is 1. The molecule has 5 aromatic rings. The first-order chi connectivity index (χ1) is 14.7. The maximum atomic E-state index is 11.7. The van der Waals surface area contributed by atoms with Crippen molar-refractivity contribution in [1.29, 1.82) is 0 Å². The normalized spacial score (nSPS) is 11.5. The van der Waals surface area contributed by atoms with Gasteiger partial charge in [-0.1, -0.05) is 42.1 Å². The average Bonchev–Trinajstić information content (AvgIpc) is 3.34. The molecule has 8 nitrogen and oxygen atoms in total. The van der Waals surface area contributed by atoms with Crippen LogP contribution in [-0.4, -0.2) is 47.9 Å². The maximum Gasteiger partial charge on any atom is 0.316 e. The highest BCUT2D eigenvalue weighted by Crippen LogP contribution is 2.36. The highest BCUT2D eigenvalue weighted by molar-refractivity contribution is 7.99. The molecule has 0 saturated heterocycles. The number of thioether (sulfide) groups is 1. The Morgan fingerprint density at radius 2 is 2.03 bits per heavy atom. The van der Waals surface area contributed by atoms with E-state index in [2.05, 4.69) is 15.2 Å². The first-order valence-electron chi connectivity index (χ1n) is 9.30. The Hall–Kier alpha value is -3.11. The molecule has 0 amide bonds. The molecule has 1 aromatic carbocycles. The summed E-state index contributed by atoms with van der Waals surface area (Å²) >= 11 is 2.80. The third-order valence-corrected chi connectivity index (χ3v) is 6.52. The number of aryl methyl sites for hydroxylation is 1. The van der Waals surface area contributed by atoms with Crippen LogP contribution in [0.25, 0.3) is 37.5 Å². The van der Waals surface area contributed by atoms with Gasteiger partial charge in [-0.15, -0.1) is 21.5 Å². The fourth-order valence-corrected chi connectivity index (χ4v) is 5.07. The number of fused-ring (bicyclic) bond motifs is 5. The zero-order valence-corrected chi connectivity index (χ0v) is 17.8. The van der Waals surface area contributed by atoms with Gasteiger partial charge in [0.15, 0.2) is 16.6 Å². The van der Waals surface area contributed by atoms with Crippen molar-refractivity contribution in [3.63, 3.8) is 0 Å². The van der Waals surface area contributed by atoms with Crippen LogP contribution in [0.3, 0.4) is 0 Å². The second-order valence-corrected chi connectivity index (χ2v) is 8.41. The van der Waals surface area contributed by atoms with E-state index in [0.717, 1.165) is 31.7 Å². The Morgan fingerprint density at radius 1 is 1.20 bits per heavy atom. The molecule has 0 unspecified atom stereocenters. The Morgan fingerprint density at radius 3 is 2.83 bits per heavy atom. The van der Waals surface area contributed by atoms with Crippen molar-refractivity contribution in [2.24, 2.45) is 0 Å². The smallest absolute Gasteiger partial charge is 0.316 e. The number of ether oxygens (including phenoxy) is 1. The van der Waals surface area contributed by atoms with Crippen molar-refractivity contribution in [3.8, 4) is 11.4 Å². The van der Waals surface area contributed by atoms with Gasteiger partial charge in [0.2, 0.25) is 0 Å². The molecule has 150 valence electrons. The summed E-state index contributed by atoms with van der Waals surface area (Å²) in [5.74, 6) is 0.578. The zero-order chi connectivity index (χ0) is 20.7. The van der Waals surface area contributed by atoms with E-state index in [1.807, 2.05) is 37.3 Å². The predicted molar refractivity (Wildman–Crippen MR) is 117 cm³/mol. The van der Waals surface area contributed by atoms with Gasteiger partial charge >= 0.3 is 5.97 Å². The lowest BCUT2D eigenvalue weighted by Gasteiger charge is -2.03. The molecule has 5 rings (SSSR count). The van der Waals surface area contributed by atoms with Gasteiger partial charge in [0.25, 0.3) is 0 Å². The van der Waals surface area contributed by atoms with Crippen LogP contribution >= 0.6 is 23.1 Å². The lowest BCUT2D eigenvalue weighted by atomic mass is 10.2. The van der Waals surface area contributed by atoms with Gasteiger partial charge in [-0.3, -0.25) is 9.20 Å². The number of rotatable bonds is 5. The summed E-state index contributed by atoms with van der Waals surface area (Å²) in [5, 5.41) is 10.1. The molecule has 0 aliphatic rings. The number of aromatic nitrogens is 6. The van der Waals surface area contributed by atoms with E-state index in [4.69, 9.17) is 14.7 Å². The zero-order valence-electron chi connectivity index (χ0n) is 16.2. The maximum absolute atomic E-state index is 11.7. The van der Waals surface area contributed by atoms with Gasteiger partial charge < -0.3 is 4.74 Å². The SMILES string of the molecule is CCOC(=O)CSc1nnc2c3sc4nc(-c5ccccc5)nc(C)c4c3ncn12. The topological polar surface area (TPSA) is 95.2 Å². The lowest BCUT2D eigenvalue weighted by molar-refractivity contribution is -0.139. The van der Waals surface area contributed by atoms with Crippen LogP contribution in [0.1, 0.15) is 12.6 Å². The molecular formula is C20H16N6O2S2. The van der Waals surface area contributed by atoms with Crippen molar-refractivity contribution in [3.05, 3.63) is 42.4 Å². The molecule has 0 aliphatic heterocycles. The minimum Gasteiger partial charge on any atom is -0.465 e. The van der Waals surface area contributed by atoms with Gasteiger partial charge in [-0.25, -0.2) is 15.0 Å². The van der Waals surface area contributed by atoms with Crippen LogP contribution in [0.5, 0.6) is 0 Å². The van der Waals surface area contributed by atoms with Crippen molar-refractivity contribution in [2.75, 3.05) is 12.4 Å². The number of thiophene rings is 1. The molecule has 10 heteroatoms. The first-order valence-corrected chi connectivity index (χ1v) is 11.1. The van der Waals surface area contributed by atoms with E-state index in [9.17, 15) is 4.79 Å². The molecule has 4 heterocycles. The Kier molecular flexibility index (Phi) is 4.80. The Labute approximate surface area is 179 Å². The number of benzene rings is 1. The fourth-order valence-electron chi connectivity index (χ4n) is 3.22. The van der Waals surface area contributed by atoms with Gasteiger partial charge in [0.05, 0.1) is 29.0 Å². The van der Waals surface area contributed by atoms with Crippen LogP contribution in [0.15, 0.2) is 41.8 Å². The third kappa shape index (κ3) is 3.17. The van der Waals surface area contributed by atoms with Crippen molar-refractivity contribution >= 4 is 55.1 Å². The molecule has 0 aliphatic carbocycles. The molecular weight excluding hydrogens is 420 g/mol. The molecule has 0 atom stereocenters. The number of esters is 1. The van der Waals surface area contributed by atoms with Crippen molar-refractivity contribution in [2.45, 2.75) is 19.0 Å². The van der Waals surface area contributed by atoms with Crippen LogP contribution in [0.4, 0.5) is 0 Å². The van der Waals surface area contributed by atoms with Crippen LogP contribution < -0.4 is 0 Å². The fraction of sp³-hybridized carbons (Fsp3) is 0.200. The quantitative estimate of drug-likeness (QED) is 0.302. The highest BCUT2D eigenvalue weighted by Gasteiger charge is 2.19. The number of nitrogens with zero attached hydrogens (tertiary/aromatic N) is 6. The molecule has 30 heavy (non-hydrogen) atoms. The minimum absolute atomic E-state index is 0.171. The van der Waals surface area contributed by atoms with Crippen molar-refractivity contribution < 1.29 is 9.53 Å². The number of hydrogen-bond donors (Lipinski definition) is 0. The lowest BCUT2D eigenvalue weighted by Crippen LogP contribution is -2.07. The van der Waals surface area contributed by atoms with E-state index in [1.165, 1.54) is 23.1 Å². The molecule has 0 N–H and O–H groups in total. The highest BCUT2D eigenvalue weighted by atomic mass is 32.2. The monoisotopic (exact) mass is 436 g/mol. The molecule has 0 fully saturated rings. The third-order valence-electron chi connectivity index (χ3n) is 4.53. The standard InChI is InChI=1S/C20H16N6O2S2/c1-3-28-13(27)9-29-20-25-24-18-16-15(21-10-26(18)20)14-11(2)22-17(23-19(14)30-16)12-7-5-4-6-8-12/h4-8,10H,3,9H2,1-2H3. The van der Waals surface area contributed by atoms with Crippen LogP contribution in [0.2, 0.25) is 0 Å². The summed E-state index contributed by atoms with van der Waals surface area (Å²) in [6, 6.07) is 9.91. The molecule has 0 radical (unpaired) electrons. The minimum atomic E-state index is -0.283. The second kappa shape index (κ2) is 7.62. The van der Waals surface area contributed by atoms with Gasteiger partial charge in [0, 0.05) is 5.56 Å². The Bertz CT molecular complexity index is 1400. The van der Waals surface area contributed by atoms with Crippen LogP contribution in [0, 0.1) is 6.92 Å². The summed E-state index contributed by atoms with van der Waals surface area (Å²) in [7, 11) is 0. The summed E-state index contributed by atoms with van der Waals surface area (Å²) in [4.78, 5) is 26.6. The van der Waals surface area contributed by atoms with Crippen LogP contribution in [-0.2, 0) is 9.53 Å². The van der Waals surface area contributed by atoms with Gasteiger partial charge in [-0.2, -0.15) is 0 Å². The number of hydrogen-bond acceptors (Lipinski definition) is 9. The van der Waals surface area contributed by atoms with Gasteiger partial charge in [0.1, 0.15) is 15.9 Å².